The Kier molecular flexibility index (Phi) is 6.54. The van der Waals surface area contributed by atoms with Gasteiger partial charge in [-0.05, 0) is 0 Å². The first kappa shape index (κ1) is 25.7. The minimum atomic E-state index is -2.57. The van der Waals surface area contributed by atoms with Crippen molar-refractivity contribution in [3.63, 3.8) is 0 Å². The molecule has 1 nitrogen and oxygen atoms in total. The van der Waals surface area contributed by atoms with Gasteiger partial charge in [0, 0.05) is 0 Å². The van der Waals surface area contributed by atoms with Crippen molar-refractivity contribution in [2.24, 2.45) is 0 Å². The van der Waals surface area contributed by atoms with E-state index in [1.165, 1.54) is 50.1 Å². The van der Waals surface area contributed by atoms with Gasteiger partial charge in [-0.15, -0.1) is 0 Å². The Morgan fingerprint density at radius 1 is 0.795 bits per heavy atom. The fourth-order valence-electron chi connectivity index (χ4n) is 5.90. The molecule has 0 saturated heterocycles. The van der Waals surface area contributed by atoms with Gasteiger partial charge in [-0.2, -0.15) is 0 Å². The number of rotatable bonds is 5. The Balaban J connectivity index is 1.51. The number of benzene rings is 4. The second-order valence-electron chi connectivity index (χ2n) is 11.6. The maximum absolute atomic E-state index is 6.99. The number of hydrogen-bond acceptors (Lipinski definition) is 1. The van der Waals surface area contributed by atoms with Crippen LogP contribution in [0.15, 0.2) is 121 Å². The third-order valence-electron chi connectivity index (χ3n) is 7.92. The average molecular weight is 543 g/mol. The molecule has 192 valence electrons. The summed E-state index contributed by atoms with van der Waals surface area (Å²) in [4.78, 5) is 4.86. The molecule has 1 atom stereocenters. The quantitative estimate of drug-likeness (QED) is 0.229. The van der Waals surface area contributed by atoms with Gasteiger partial charge >= 0.3 is 240 Å². The molecule has 2 aliphatic rings. The summed E-state index contributed by atoms with van der Waals surface area (Å²) in [6, 6.07) is 34.9. The van der Waals surface area contributed by atoms with E-state index in [1.54, 1.807) is 0 Å². The van der Waals surface area contributed by atoms with E-state index in [0.717, 1.165) is 5.75 Å². The van der Waals surface area contributed by atoms with Crippen molar-refractivity contribution in [2.45, 2.75) is 36.8 Å². The molecule has 1 unspecified atom stereocenters. The molecule has 6 rings (SSSR count). The molecule has 0 spiro atoms. The van der Waals surface area contributed by atoms with Crippen LogP contribution in [-0.4, -0.2) is 4.82 Å². The van der Waals surface area contributed by atoms with E-state index in [-0.39, 0.29) is 9.13 Å². The molecule has 4 aromatic carbocycles. The molecule has 2 aliphatic carbocycles. The molecule has 0 saturated carbocycles. The number of fused-ring (bicyclic) bond motifs is 3. The molecule has 0 aromatic heterocycles. The summed E-state index contributed by atoms with van der Waals surface area (Å²) in [5, 5.41) is 0. The van der Waals surface area contributed by atoms with Crippen LogP contribution in [0.1, 0.15) is 48.6 Å². The molecule has 0 fully saturated rings. The Labute approximate surface area is 239 Å². The monoisotopic (exact) mass is 542 g/mol. The fourth-order valence-corrected chi connectivity index (χ4v) is 8.77. The summed E-state index contributed by atoms with van der Waals surface area (Å²) >= 11 is -2.57. The zero-order valence-corrected chi connectivity index (χ0v) is 24.7. The molecular weight excluding hydrogens is 508 g/mol. The Bertz CT molecular complexity index is 1670. The molecule has 0 aliphatic heterocycles. The van der Waals surface area contributed by atoms with Gasteiger partial charge in [0.05, 0.1) is 0 Å². The van der Waals surface area contributed by atoms with E-state index in [2.05, 4.69) is 149 Å². The van der Waals surface area contributed by atoms with E-state index < -0.39 is 17.8 Å². The van der Waals surface area contributed by atoms with Crippen LogP contribution in [0.25, 0.3) is 22.8 Å². The molecular formula is C37H34OTi. The van der Waals surface area contributed by atoms with Crippen LogP contribution in [0.3, 0.4) is 0 Å². The predicted molar refractivity (Wildman–Crippen MR) is 163 cm³/mol. The van der Waals surface area contributed by atoms with Crippen LogP contribution >= 0.6 is 0 Å². The minimum absolute atomic E-state index is 0.0483. The Morgan fingerprint density at radius 3 is 2.21 bits per heavy atom. The first-order valence-corrected chi connectivity index (χ1v) is 16.2. The van der Waals surface area contributed by atoms with Gasteiger partial charge in [-0.1, -0.05) is 0 Å². The zero-order chi connectivity index (χ0) is 27.2. The van der Waals surface area contributed by atoms with Gasteiger partial charge in [0.1, 0.15) is 0 Å². The molecule has 2 heteroatoms. The Hall–Kier alpha value is -3.52. The summed E-state index contributed by atoms with van der Waals surface area (Å²) in [5.41, 5.74) is 11.5. The number of aryl methyl sites for hydroxylation is 1. The summed E-state index contributed by atoms with van der Waals surface area (Å²) in [5.74, 6) is 0.936. The first-order chi connectivity index (χ1) is 18.8. The molecule has 0 N–H and O–H groups in total. The zero-order valence-electron chi connectivity index (χ0n) is 23.2. The first-order valence-electron chi connectivity index (χ1n) is 13.6. The van der Waals surface area contributed by atoms with Crippen molar-refractivity contribution in [2.75, 3.05) is 0 Å². The van der Waals surface area contributed by atoms with Gasteiger partial charge < -0.3 is 0 Å². The normalized spacial score (nSPS) is 17.6. The van der Waals surface area contributed by atoms with Crippen LogP contribution < -0.4 is 3.32 Å². The van der Waals surface area contributed by atoms with E-state index in [1.807, 2.05) is 0 Å². The number of allylic oxidation sites excluding steroid dienone is 5. The van der Waals surface area contributed by atoms with E-state index in [9.17, 15) is 0 Å². The van der Waals surface area contributed by atoms with Crippen molar-refractivity contribution in [3.8, 4) is 16.9 Å². The van der Waals surface area contributed by atoms with Crippen molar-refractivity contribution in [1.82, 2.24) is 0 Å². The molecule has 0 bridgehead atoms. The third-order valence-corrected chi connectivity index (χ3v) is 11.2. The summed E-state index contributed by atoms with van der Waals surface area (Å²) in [6.45, 7) is 8.92. The van der Waals surface area contributed by atoms with Gasteiger partial charge in [0.15, 0.2) is 0 Å². The second-order valence-corrected chi connectivity index (χ2v) is 14.5. The van der Waals surface area contributed by atoms with E-state index in [0.29, 0.717) is 0 Å². The Morgan fingerprint density at radius 2 is 1.49 bits per heavy atom. The van der Waals surface area contributed by atoms with Crippen LogP contribution in [0.2, 0.25) is 0 Å². The summed E-state index contributed by atoms with van der Waals surface area (Å²) < 4.78 is 6.60. The second kappa shape index (κ2) is 9.90. The summed E-state index contributed by atoms with van der Waals surface area (Å²) in [6.07, 6.45) is 9.26. The van der Waals surface area contributed by atoms with Crippen LogP contribution in [-0.2, 0) is 26.9 Å². The molecule has 39 heavy (non-hydrogen) atoms. The van der Waals surface area contributed by atoms with Crippen molar-refractivity contribution >= 4 is 16.5 Å². The van der Waals surface area contributed by atoms with Crippen molar-refractivity contribution in [3.05, 3.63) is 149 Å². The standard InChI is InChI=1S/C25H17.C11H16O.CH2.Ti/c1-3-9-18(10-4-1)20-13-7-15-22-23-16-8-14-21(25(23)17-24(20)22)19-11-5-2-6-12-19;1-8-5-9(11(2,3)4)7-10(12)6-8;;/h1-17H;5-7,12H,1-4H3;1H2;/q;;;+1/p-1. The topological polar surface area (TPSA) is 9.23 Å². The predicted octanol–water partition coefficient (Wildman–Crippen LogP) is 9.25. The van der Waals surface area contributed by atoms with E-state index >= 15 is 0 Å². The molecule has 0 radical (unpaired) electrons. The van der Waals surface area contributed by atoms with E-state index in [4.69, 9.17) is 8.14 Å². The van der Waals surface area contributed by atoms with Crippen LogP contribution in [0.4, 0.5) is 0 Å². The molecule has 4 aromatic rings. The maximum atomic E-state index is 6.99. The van der Waals surface area contributed by atoms with Gasteiger partial charge in [0.2, 0.25) is 0 Å². The van der Waals surface area contributed by atoms with Gasteiger partial charge in [-0.3, -0.25) is 0 Å². The van der Waals surface area contributed by atoms with Crippen molar-refractivity contribution in [1.29, 1.82) is 0 Å². The van der Waals surface area contributed by atoms with Crippen LogP contribution in [0.5, 0.6) is 5.75 Å². The third kappa shape index (κ3) is 4.54. The SMILES string of the molecule is [CH2]=[Ti]([O]c1cc(C)cc(C(C)(C)C)c1)[C]1(c2ccccc2)C=CC=C2C1=Cc1c2cccc1-c1ccccc1. The van der Waals surface area contributed by atoms with Gasteiger partial charge in [0.25, 0.3) is 0 Å². The number of hydrogen-bond donors (Lipinski definition) is 0. The average Bonchev–Trinajstić information content (AvgIpc) is 3.32. The summed E-state index contributed by atoms with van der Waals surface area (Å²) in [7, 11) is 0. The van der Waals surface area contributed by atoms with Gasteiger partial charge in [-0.25, -0.2) is 0 Å². The molecule has 0 amide bonds. The van der Waals surface area contributed by atoms with Crippen molar-refractivity contribution < 1.29 is 21.1 Å². The van der Waals surface area contributed by atoms with Crippen LogP contribution in [0, 0.1) is 6.92 Å². The fraction of sp³-hybridized carbons (Fsp3) is 0.162. The molecule has 0 heterocycles.